The lowest BCUT2D eigenvalue weighted by atomic mass is 10.3. The third-order valence-electron chi connectivity index (χ3n) is 2.16. The highest BCUT2D eigenvalue weighted by Crippen LogP contribution is 2.14. The lowest BCUT2D eigenvalue weighted by Crippen LogP contribution is -2.47. The highest BCUT2D eigenvalue weighted by Gasteiger charge is 2.19. The van der Waals surface area contributed by atoms with E-state index in [4.69, 9.17) is 9.84 Å². The number of carbonyl (C=O) groups is 2. The second-order valence-electron chi connectivity index (χ2n) is 3.69. The van der Waals surface area contributed by atoms with Gasteiger partial charge in [-0.3, -0.25) is 0 Å². The van der Waals surface area contributed by atoms with E-state index in [-0.39, 0.29) is 6.61 Å². The molecule has 7 heteroatoms. The van der Waals surface area contributed by atoms with Crippen molar-refractivity contribution in [3.8, 4) is 0 Å². The minimum Gasteiger partial charge on any atom is -0.480 e. The van der Waals surface area contributed by atoms with E-state index in [9.17, 15) is 9.59 Å². The number of hydrogen-bond acceptors (Lipinski definition) is 4. The molecule has 1 aromatic heterocycles. The number of carboxylic acids is 1. The van der Waals surface area contributed by atoms with Gasteiger partial charge in [-0.15, -0.1) is 11.3 Å². The maximum absolute atomic E-state index is 11.5. The zero-order chi connectivity index (χ0) is 13.5. The molecule has 18 heavy (non-hydrogen) atoms. The van der Waals surface area contributed by atoms with Crippen LogP contribution in [0.4, 0.5) is 4.79 Å². The number of urea groups is 1. The number of carbonyl (C=O) groups excluding carboxylic acids is 1. The Hall–Kier alpha value is -1.60. The molecule has 0 aliphatic rings. The van der Waals surface area contributed by atoms with Crippen LogP contribution in [0, 0.1) is 6.92 Å². The van der Waals surface area contributed by atoms with Gasteiger partial charge in [-0.05, 0) is 19.1 Å². The van der Waals surface area contributed by atoms with Crippen molar-refractivity contribution in [2.24, 2.45) is 0 Å². The molecule has 1 atom stereocenters. The number of thiophene rings is 1. The zero-order valence-electron chi connectivity index (χ0n) is 10.2. The van der Waals surface area contributed by atoms with Gasteiger partial charge in [0, 0.05) is 16.9 Å². The summed E-state index contributed by atoms with van der Waals surface area (Å²) in [6.07, 6.45) is 0. The predicted molar refractivity (Wildman–Crippen MR) is 67.7 cm³/mol. The van der Waals surface area contributed by atoms with Gasteiger partial charge < -0.3 is 20.5 Å². The number of amides is 2. The number of methoxy groups -OCH3 is 1. The van der Waals surface area contributed by atoms with E-state index in [2.05, 4.69) is 10.6 Å². The molecule has 0 aromatic carbocycles. The third kappa shape index (κ3) is 4.72. The van der Waals surface area contributed by atoms with Crippen LogP contribution in [-0.4, -0.2) is 36.9 Å². The Bertz CT molecular complexity index is 419. The fourth-order valence-corrected chi connectivity index (χ4v) is 2.13. The van der Waals surface area contributed by atoms with Crippen molar-refractivity contribution in [2.45, 2.75) is 19.5 Å². The highest BCUT2D eigenvalue weighted by atomic mass is 32.1. The summed E-state index contributed by atoms with van der Waals surface area (Å²) in [5.41, 5.74) is 0. The molecule has 0 saturated heterocycles. The first kappa shape index (κ1) is 14.5. The van der Waals surface area contributed by atoms with Crippen molar-refractivity contribution in [3.63, 3.8) is 0 Å². The van der Waals surface area contributed by atoms with Crippen LogP contribution in [0.3, 0.4) is 0 Å². The first-order valence-electron chi connectivity index (χ1n) is 5.34. The van der Waals surface area contributed by atoms with Crippen molar-refractivity contribution in [1.82, 2.24) is 10.6 Å². The zero-order valence-corrected chi connectivity index (χ0v) is 11.0. The van der Waals surface area contributed by atoms with E-state index in [0.717, 1.165) is 9.75 Å². The van der Waals surface area contributed by atoms with E-state index >= 15 is 0 Å². The Balaban J connectivity index is 2.38. The second-order valence-corrected chi connectivity index (χ2v) is 5.06. The van der Waals surface area contributed by atoms with Gasteiger partial charge in [0.15, 0.2) is 6.04 Å². The molecule has 3 N–H and O–H groups in total. The van der Waals surface area contributed by atoms with E-state index < -0.39 is 18.0 Å². The maximum Gasteiger partial charge on any atom is 0.328 e. The SMILES string of the molecule is COCC(NC(=O)NCc1ccc(C)s1)C(=O)O. The summed E-state index contributed by atoms with van der Waals surface area (Å²) in [7, 11) is 1.38. The maximum atomic E-state index is 11.5. The van der Waals surface area contributed by atoms with Crippen molar-refractivity contribution < 1.29 is 19.4 Å². The molecule has 0 bridgehead atoms. The molecular weight excluding hydrogens is 256 g/mol. The van der Waals surface area contributed by atoms with Crippen LogP contribution in [0.5, 0.6) is 0 Å². The number of carboxylic acid groups (broad SMARTS) is 1. The van der Waals surface area contributed by atoms with Crippen molar-refractivity contribution in [2.75, 3.05) is 13.7 Å². The highest BCUT2D eigenvalue weighted by molar-refractivity contribution is 7.11. The molecule has 0 aliphatic carbocycles. The van der Waals surface area contributed by atoms with E-state index in [0.29, 0.717) is 6.54 Å². The smallest absolute Gasteiger partial charge is 0.328 e. The average molecular weight is 272 g/mol. The van der Waals surface area contributed by atoms with Gasteiger partial charge in [0.25, 0.3) is 0 Å². The first-order chi connectivity index (χ1) is 8.52. The summed E-state index contributed by atoms with van der Waals surface area (Å²) in [6, 6.07) is 2.32. The molecule has 6 nitrogen and oxygen atoms in total. The third-order valence-corrected chi connectivity index (χ3v) is 3.16. The van der Waals surface area contributed by atoms with Gasteiger partial charge >= 0.3 is 12.0 Å². The molecule has 0 spiro atoms. The molecule has 1 unspecified atom stereocenters. The summed E-state index contributed by atoms with van der Waals surface area (Å²) in [5.74, 6) is -1.13. The number of ether oxygens (including phenoxy) is 1. The molecule has 1 rings (SSSR count). The lowest BCUT2D eigenvalue weighted by molar-refractivity contribution is -0.140. The Kier molecular flexibility index (Phi) is 5.60. The van der Waals surface area contributed by atoms with Gasteiger partial charge in [-0.2, -0.15) is 0 Å². The summed E-state index contributed by atoms with van der Waals surface area (Å²) in [6.45, 7) is 2.29. The molecule has 0 saturated carbocycles. The van der Waals surface area contributed by atoms with Gasteiger partial charge in [0.1, 0.15) is 0 Å². The number of hydrogen-bond donors (Lipinski definition) is 3. The molecule has 0 fully saturated rings. The molecule has 0 aliphatic heterocycles. The minimum absolute atomic E-state index is 0.0686. The summed E-state index contributed by atoms with van der Waals surface area (Å²) in [5, 5.41) is 13.7. The standard InChI is InChI=1S/C11H16N2O4S/c1-7-3-4-8(18-7)5-12-11(16)13-9(6-17-2)10(14)15/h3-4,9H,5-6H2,1-2H3,(H,14,15)(H2,12,13,16). The number of rotatable bonds is 6. The van der Waals surface area contributed by atoms with Crippen LogP contribution < -0.4 is 10.6 Å². The molecule has 0 radical (unpaired) electrons. The molecule has 100 valence electrons. The van der Waals surface area contributed by atoms with Crippen LogP contribution in [0.15, 0.2) is 12.1 Å². The Labute approximate surface area is 109 Å². The van der Waals surface area contributed by atoms with Crippen molar-refractivity contribution in [3.05, 3.63) is 21.9 Å². The lowest BCUT2D eigenvalue weighted by Gasteiger charge is -2.13. The monoisotopic (exact) mass is 272 g/mol. The quantitative estimate of drug-likeness (QED) is 0.719. The van der Waals surface area contributed by atoms with Gasteiger partial charge in [-0.25, -0.2) is 9.59 Å². The Morgan fingerprint density at radius 2 is 2.22 bits per heavy atom. The summed E-state index contributed by atoms with van der Waals surface area (Å²) < 4.78 is 4.71. The number of aryl methyl sites for hydroxylation is 1. The molecular formula is C11H16N2O4S. The van der Waals surface area contributed by atoms with E-state index in [1.165, 1.54) is 7.11 Å². The van der Waals surface area contributed by atoms with Crippen molar-refractivity contribution in [1.29, 1.82) is 0 Å². The van der Waals surface area contributed by atoms with Crippen LogP contribution in [0.1, 0.15) is 9.75 Å². The Morgan fingerprint density at radius 3 is 2.72 bits per heavy atom. The number of nitrogens with one attached hydrogen (secondary N) is 2. The molecule has 1 aromatic rings. The topological polar surface area (TPSA) is 87.7 Å². The van der Waals surface area contributed by atoms with Crippen LogP contribution in [0.25, 0.3) is 0 Å². The van der Waals surface area contributed by atoms with Gasteiger partial charge in [0.2, 0.25) is 0 Å². The first-order valence-corrected chi connectivity index (χ1v) is 6.16. The fraction of sp³-hybridized carbons (Fsp3) is 0.455. The second kappa shape index (κ2) is 6.97. The minimum atomic E-state index is -1.13. The van der Waals surface area contributed by atoms with E-state index in [1.54, 1.807) is 11.3 Å². The van der Waals surface area contributed by atoms with Crippen LogP contribution in [0.2, 0.25) is 0 Å². The Morgan fingerprint density at radius 1 is 1.50 bits per heavy atom. The summed E-state index contributed by atoms with van der Waals surface area (Å²) in [4.78, 5) is 24.4. The average Bonchev–Trinajstić information content (AvgIpc) is 2.72. The number of aliphatic carboxylic acids is 1. The van der Waals surface area contributed by atoms with Gasteiger partial charge in [0.05, 0.1) is 13.2 Å². The predicted octanol–water partition coefficient (Wildman–Crippen LogP) is 0.955. The summed E-state index contributed by atoms with van der Waals surface area (Å²) >= 11 is 1.58. The molecule has 1 heterocycles. The largest absolute Gasteiger partial charge is 0.480 e. The van der Waals surface area contributed by atoms with Crippen LogP contribution >= 0.6 is 11.3 Å². The van der Waals surface area contributed by atoms with Crippen LogP contribution in [-0.2, 0) is 16.1 Å². The van der Waals surface area contributed by atoms with E-state index in [1.807, 2.05) is 19.1 Å². The normalized spacial score (nSPS) is 11.9. The van der Waals surface area contributed by atoms with Crippen molar-refractivity contribution >= 4 is 23.3 Å². The molecule has 2 amide bonds. The fourth-order valence-electron chi connectivity index (χ4n) is 1.30. The van der Waals surface area contributed by atoms with Gasteiger partial charge in [-0.1, -0.05) is 0 Å².